The number of piperidine rings is 1. The SMILES string of the molecule is Nc1ccc([N+](=O)[O-])cc1C(=O)N1CCCC(O)C1. The van der Waals surface area contributed by atoms with Gasteiger partial charge in [0.15, 0.2) is 0 Å². The summed E-state index contributed by atoms with van der Waals surface area (Å²) in [6.45, 7) is 0.763. The van der Waals surface area contributed by atoms with Crippen molar-refractivity contribution in [2.75, 3.05) is 18.8 Å². The number of hydrogen-bond donors (Lipinski definition) is 2. The highest BCUT2D eigenvalue weighted by molar-refractivity contribution is 5.99. The van der Waals surface area contributed by atoms with Gasteiger partial charge >= 0.3 is 0 Å². The first-order chi connectivity index (χ1) is 8.99. The molecular weight excluding hydrogens is 250 g/mol. The average Bonchev–Trinajstić information content (AvgIpc) is 2.38. The van der Waals surface area contributed by atoms with Crippen LogP contribution in [0.2, 0.25) is 0 Å². The fourth-order valence-electron chi connectivity index (χ4n) is 2.15. The van der Waals surface area contributed by atoms with Crippen molar-refractivity contribution < 1.29 is 14.8 Å². The van der Waals surface area contributed by atoms with Gasteiger partial charge in [0.2, 0.25) is 0 Å². The van der Waals surface area contributed by atoms with Gasteiger partial charge in [0.25, 0.3) is 11.6 Å². The fourth-order valence-corrected chi connectivity index (χ4v) is 2.15. The first-order valence-electron chi connectivity index (χ1n) is 6.00. The molecule has 0 spiro atoms. The van der Waals surface area contributed by atoms with Gasteiger partial charge in [-0.05, 0) is 18.9 Å². The van der Waals surface area contributed by atoms with E-state index < -0.39 is 11.0 Å². The molecule has 1 saturated heterocycles. The van der Waals surface area contributed by atoms with E-state index in [1.807, 2.05) is 0 Å². The Bertz CT molecular complexity index is 518. The molecule has 1 fully saturated rings. The standard InChI is InChI=1S/C12H15N3O4/c13-11-4-3-8(15(18)19)6-10(11)12(17)14-5-1-2-9(16)7-14/h3-4,6,9,16H,1-2,5,7,13H2. The van der Waals surface area contributed by atoms with Crippen molar-refractivity contribution in [3.63, 3.8) is 0 Å². The highest BCUT2D eigenvalue weighted by atomic mass is 16.6. The first-order valence-corrected chi connectivity index (χ1v) is 6.00. The molecule has 3 N–H and O–H groups in total. The monoisotopic (exact) mass is 265 g/mol. The third kappa shape index (κ3) is 2.82. The van der Waals surface area contributed by atoms with Crippen LogP contribution in [0.1, 0.15) is 23.2 Å². The average molecular weight is 265 g/mol. The molecule has 1 aliphatic heterocycles. The molecule has 0 bridgehead atoms. The van der Waals surface area contributed by atoms with Gasteiger partial charge < -0.3 is 15.7 Å². The molecule has 1 aromatic rings. The number of non-ortho nitro benzene ring substituents is 1. The van der Waals surface area contributed by atoms with Crippen LogP contribution in [0.5, 0.6) is 0 Å². The van der Waals surface area contributed by atoms with Crippen molar-refractivity contribution in [1.82, 2.24) is 4.90 Å². The maximum Gasteiger partial charge on any atom is 0.270 e. The highest BCUT2D eigenvalue weighted by Gasteiger charge is 2.25. The van der Waals surface area contributed by atoms with Crippen molar-refractivity contribution in [2.45, 2.75) is 18.9 Å². The summed E-state index contributed by atoms with van der Waals surface area (Å²) in [6, 6.07) is 3.79. The third-order valence-electron chi connectivity index (χ3n) is 3.16. The van der Waals surface area contributed by atoms with Gasteiger partial charge in [0, 0.05) is 30.9 Å². The van der Waals surface area contributed by atoms with Crippen LogP contribution in [0, 0.1) is 10.1 Å². The summed E-state index contributed by atoms with van der Waals surface area (Å²) >= 11 is 0. The molecule has 1 unspecified atom stereocenters. The predicted octanol–water partition coefficient (Wildman–Crippen LogP) is 0.774. The molecule has 0 aliphatic carbocycles. The zero-order valence-electron chi connectivity index (χ0n) is 10.3. The number of likely N-dealkylation sites (tertiary alicyclic amines) is 1. The molecular formula is C12H15N3O4. The number of nitro benzene ring substituents is 1. The lowest BCUT2D eigenvalue weighted by atomic mass is 10.1. The second-order valence-electron chi connectivity index (χ2n) is 4.58. The van der Waals surface area contributed by atoms with Crippen molar-refractivity contribution in [2.24, 2.45) is 0 Å². The third-order valence-corrected chi connectivity index (χ3v) is 3.16. The fraction of sp³-hybridized carbons (Fsp3) is 0.417. The Morgan fingerprint density at radius 3 is 2.89 bits per heavy atom. The van der Waals surface area contributed by atoms with Crippen molar-refractivity contribution in [1.29, 1.82) is 0 Å². The molecule has 19 heavy (non-hydrogen) atoms. The normalized spacial score (nSPS) is 19.2. The minimum Gasteiger partial charge on any atom is -0.398 e. The van der Waals surface area contributed by atoms with Crippen LogP contribution in [0.4, 0.5) is 11.4 Å². The number of amides is 1. The van der Waals surface area contributed by atoms with E-state index in [0.29, 0.717) is 19.4 Å². The summed E-state index contributed by atoms with van der Waals surface area (Å²) in [5.74, 6) is -0.375. The van der Waals surface area contributed by atoms with Crippen LogP contribution in [-0.4, -0.2) is 40.0 Å². The number of benzene rings is 1. The number of anilines is 1. The molecule has 1 aromatic carbocycles. The molecule has 1 atom stereocenters. The van der Waals surface area contributed by atoms with E-state index in [2.05, 4.69) is 0 Å². The minimum absolute atomic E-state index is 0.114. The number of carbonyl (C=O) groups excluding carboxylic acids is 1. The zero-order valence-corrected chi connectivity index (χ0v) is 10.3. The van der Waals surface area contributed by atoms with Crippen LogP contribution in [0.3, 0.4) is 0 Å². The number of carbonyl (C=O) groups is 1. The van der Waals surface area contributed by atoms with Gasteiger partial charge in [-0.1, -0.05) is 0 Å². The quantitative estimate of drug-likeness (QED) is 0.466. The van der Waals surface area contributed by atoms with E-state index in [-0.39, 0.29) is 29.4 Å². The lowest BCUT2D eigenvalue weighted by molar-refractivity contribution is -0.384. The number of aliphatic hydroxyl groups excluding tert-OH is 1. The number of β-amino-alcohol motifs (C(OH)–C–C–N with tert-alkyl or cyclic N) is 1. The summed E-state index contributed by atoms with van der Waals surface area (Å²) in [6.07, 6.45) is 0.827. The summed E-state index contributed by atoms with van der Waals surface area (Å²) in [4.78, 5) is 23.9. The van der Waals surface area contributed by atoms with Crippen LogP contribution in [0.25, 0.3) is 0 Å². The van der Waals surface area contributed by atoms with E-state index >= 15 is 0 Å². The van der Waals surface area contributed by atoms with Gasteiger partial charge in [0.1, 0.15) is 0 Å². The van der Waals surface area contributed by atoms with E-state index in [4.69, 9.17) is 5.73 Å². The van der Waals surface area contributed by atoms with Crippen LogP contribution < -0.4 is 5.73 Å². The molecule has 1 aliphatic rings. The lowest BCUT2D eigenvalue weighted by Crippen LogP contribution is -2.42. The maximum absolute atomic E-state index is 12.3. The Hall–Kier alpha value is -2.15. The largest absolute Gasteiger partial charge is 0.398 e. The van der Waals surface area contributed by atoms with E-state index in [1.165, 1.54) is 23.1 Å². The molecule has 102 valence electrons. The summed E-state index contributed by atoms with van der Waals surface area (Å²) < 4.78 is 0. The molecule has 2 rings (SSSR count). The molecule has 0 radical (unpaired) electrons. The number of rotatable bonds is 2. The molecule has 1 amide bonds. The Kier molecular flexibility index (Phi) is 3.66. The van der Waals surface area contributed by atoms with Crippen molar-refractivity contribution in [3.8, 4) is 0 Å². The molecule has 0 aromatic heterocycles. The second-order valence-corrected chi connectivity index (χ2v) is 4.58. The first kappa shape index (κ1) is 13.3. The Morgan fingerprint density at radius 1 is 1.53 bits per heavy atom. The predicted molar refractivity (Wildman–Crippen MR) is 68.7 cm³/mol. The van der Waals surface area contributed by atoms with E-state index in [9.17, 15) is 20.0 Å². The van der Waals surface area contributed by atoms with Crippen LogP contribution >= 0.6 is 0 Å². The van der Waals surface area contributed by atoms with Crippen molar-refractivity contribution >= 4 is 17.3 Å². The molecule has 7 heteroatoms. The highest BCUT2D eigenvalue weighted by Crippen LogP contribution is 2.22. The maximum atomic E-state index is 12.3. The van der Waals surface area contributed by atoms with Gasteiger partial charge in [-0.3, -0.25) is 14.9 Å². The number of nitrogens with zero attached hydrogens (tertiary/aromatic N) is 2. The zero-order chi connectivity index (χ0) is 14.0. The van der Waals surface area contributed by atoms with Crippen molar-refractivity contribution in [3.05, 3.63) is 33.9 Å². The topological polar surface area (TPSA) is 110 Å². The summed E-state index contributed by atoms with van der Waals surface area (Å²) in [5.41, 5.74) is 5.85. The number of nitro groups is 1. The van der Waals surface area contributed by atoms with Gasteiger partial charge in [-0.25, -0.2) is 0 Å². The number of aliphatic hydroxyl groups is 1. The molecule has 7 nitrogen and oxygen atoms in total. The second kappa shape index (κ2) is 5.23. The number of nitrogens with two attached hydrogens (primary N) is 1. The van der Waals surface area contributed by atoms with Crippen LogP contribution in [0.15, 0.2) is 18.2 Å². The van der Waals surface area contributed by atoms with E-state index in [1.54, 1.807) is 0 Å². The molecule has 1 heterocycles. The summed E-state index contributed by atoms with van der Waals surface area (Å²) in [7, 11) is 0. The number of nitrogen functional groups attached to an aromatic ring is 1. The van der Waals surface area contributed by atoms with Crippen LogP contribution in [-0.2, 0) is 0 Å². The van der Waals surface area contributed by atoms with Gasteiger partial charge in [-0.2, -0.15) is 0 Å². The Labute approximate surface area is 109 Å². The summed E-state index contributed by atoms with van der Waals surface area (Å²) in [5, 5.41) is 20.3. The molecule has 0 saturated carbocycles. The van der Waals surface area contributed by atoms with Gasteiger partial charge in [0.05, 0.1) is 16.6 Å². The minimum atomic E-state index is -0.568. The Morgan fingerprint density at radius 2 is 2.26 bits per heavy atom. The van der Waals surface area contributed by atoms with E-state index in [0.717, 1.165) is 0 Å². The van der Waals surface area contributed by atoms with Gasteiger partial charge in [-0.15, -0.1) is 0 Å². The smallest absolute Gasteiger partial charge is 0.270 e. The Balaban J connectivity index is 2.27. The lowest BCUT2D eigenvalue weighted by Gasteiger charge is -2.30. The number of hydrogen-bond acceptors (Lipinski definition) is 5.